The molecular weight excluding hydrogens is 264 g/mol. The van der Waals surface area contributed by atoms with Crippen LogP contribution >= 0.6 is 12.2 Å². The van der Waals surface area contributed by atoms with E-state index in [9.17, 15) is 4.79 Å². The normalized spacial score (nSPS) is 10.2. The quantitative estimate of drug-likeness (QED) is 0.794. The summed E-state index contributed by atoms with van der Waals surface area (Å²) in [6.45, 7) is 0. The molecule has 7 nitrogen and oxygen atoms in total. The first kappa shape index (κ1) is 13.1. The van der Waals surface area contributed by atoms with E-state index >= 15 is 0 Å². The fourth-order valence-electron chi connectivity index (χ4n) is 1.47. The van der Waals surface area contributed by atoms with Crippen LogP contribution in [0.5, 0.6) is 0 Å². The highest BCUT2D eigenvalue weighted by atomic mass is 32.1. The number of nitrogens with two attached hydrogens (primary N) is 1. The van der Waals surface area contributed by atoms with E-state index in [0.717, 1.165) is 0 Å². The molecule has 0 aliphatic rings. The highest BCUT2D eigenvalue weighted by Gasteiger charge is 2.12. The lowest BCUT2D eigenvalue weighted by atomic mass is 10.3. The minimum Gasteiger partial charge on any atom is -0.387 e. The summed E-state index contributed by atoms with van der Waals surface area (Å²) in [4.78, 5) is 17.3. The fourth-order valence-corrected chi connectivity index (χ4v) is 1.62. The predicted octanol–water partition coefficient (Wildman–Crippen LogP) is -0.00170. The third-order valence-corrected chi connectivity index (χ3v) is 2.57. The van der Waals surface area contributed by atoms with Crippen molar-refractivity contribution in [3.8, 4) is 5.82 Å². The molecule has 0 radical (unpaired) electrons. The first-order valence-corrected chi connectivity index (χ1v) is 5.80. The summed E-state index contributed by atoms with van der Waals surface area (Å²) in [5.41, 5.74) is 5.82. The molecule has 2 rings (SSSR count). The van der Waals surface area contributed by atoms with Crippen LogP contribution in [0.25, 0.3) is 5.82 Å². The number of carbonyl (C=O) groups is 1. The van der Waals surface area contributed by atoms with Crippen molar-refractivity contribution >= 4 is 23.1 Å². The molecule has 0 spiro atoms. The zero-order chi connectivity index (χ0) is 14.0. The summed E-state index contributed by atoms with van der Waals surface area (Å²) >= 11 is 4.89. The van der Waals surface area contributed by atoms with Crippen molar-refractivity contribution in [1.29, 1.82) is 0 Å². The molecule has 2 aromatic heterocycles. The Labute approximate surface area is 115 Å². The summed E-state index contributed by atoms with van der Waals surface area (Å²) in [5, 5.41) is 7.86. The molecule has 8 heteroatoms. The number of hydrogen-bond donors (Lipinski definition) is 1. The summed E-state index contributed by atoms with van der Waals surface area (Å²) in [7, 11) is 3.30. The van der Waals surface area contributed by atoms with Crippen LogP contribution in [0.4, 0.5) is 0 Å². The average Bonchev–Trinajstić information content (AvgIpc) is 2.87. The van der Waals surface area contributed by atoms with Crippen LogP contribution in [0.2, 0.25) is 0 Å². The van der Waals surface area contributed by atoms with E-state index in [1.54, 1.807) is 43.2 Å². The van der Waals surface area contributed by atoms with Crippen LogP contribution in [0, 0.1) is 0 Å². The number of carbonyl (C=O) groups excluding carboxylic acids is 1. The number of imidazole rings is 1. The topological polar surface area (TPSA) is 89.9 Å². The van der Waals surface area contributed by atoms with Crippen LogP contribution in [0.1, 0.15) is 16.3 Å². The third-order valence-electron chi connectivity index (χ3n) is 2.38. The van der Waals surface area contributed by atoms with Gasteiger partial charge in [-0.1, -0.05) is 12.2 Å². The van der Waals surface area contributed by atoms with Crippen LogP contribution in [-0.2, 0) is 0 Å². The van der Waals surface area contributed by atoms with Crippen molar-refractivity contribution in [2.75, 3.05) is 14.1 Å². The second-order valence-electron chi connectivity index (χ2n) is 3.96. The van der Waals surface area contributed by atoms with Gasteiger partial charge in [-0.25, -0.2) is 4.98 Å². The smallest absolute Gasteiger partial charge is 0.273 e. The molecule has 0 aromatic carbocycles. The summed E-state index contributed by atoms with van der Waals surface area (Å²) in [6, 6.07) is 3.25. The summed E-state index contributed by atoms with van der Waals surface area (Å²) in [6.07, 6.45) is 3.24. The number of nitrogens with zero attached hydrogens (tertiary/aromatic N) is 5. The highest BCUT2D eigenvalue weighted by Crippen LogP contribution is 2.08. The molecule has 0 fully saturated rings. The fraction of sp³-hybridized carbons (Fsp3) is 0.182. The molecule has 0 saturated heterocycles. The van der Waals surface area contributed by atoms with Gasteiger partial charge in [-0.2, -0.15) is 0 Å². The van der Waals surface area contributed by atoms with Gasteiger partial charge in [0.1, 0.15) is 4.99 Å². The maximum Gasteiger partial charge on any atom is 0.273 e. The second kappa shape index (κ2) is 5.11. The van der Waals surface area contributed by atoms with Crippen molar-refractivity contribution in [1.82, 2.24) is 24.6 Å². The van der Waals surface area contributed by atoms with E-state index < -0.39 is 0 Å². The molecule has 0 saturated carbocycles. The standard InChI is InChI=1S/C11H12N6OS/c1-16(2)11(18)7-3-4-8(15-14-7)17-6-5-13-10(17)9(12)19/h3-6H,1-2H3,(H2,12,19). The third kappa shape index (κ3) is 2.58. The van der Waals surface area contributed by atoms with E-state index in [2.05, 4.69) is 15.2 Å². The lowest BCUT2D eigenvalue weighted by Crippen LogP contribution is -2.23. The Bertz CT molecular complexity index is 618. The van der Waals surface area contributed by atoms with Gasteiger partial charge in [0.15, 0.2) is 17.3 Å². The van der Waals surface area contributed by atoms with Crippen molar-refractivity contribution in [2.45, 2.75) is 0 Å². The Balaban J connectivity index is 2.35. The minimum absolute atomic E-state index is 0.167. The number of amides is 1. The molecule has 0 atom stereocenters. The lowest BCUT2D eigenvalue weighted by Gasteiger charge is -2.09. The first-order valence-electron chi connectivity index (χ1n) is 5.39. The van der Waals surface area contributed by atoms with Gasteiger partial charge in [-0.15, -0.1) is 10.2 Å². The lowest BCUT2D eigenvalue weighted by molar-refractivity contribution is 0.0821. The van der Waals surface area contributed by atoms with Gasteiger partial charge in [0, 0.05) is 26.5 Å². The van der Waals surface area contributed by atoms with Crippen molar-refractivity contribution in [3.63, 3.8) is 0 Å². The van der Waals surface area contributed by atoms with Crippen molar-refractivity contribution in [3.05, 3.63) is 36.0 Å². The maximum atomic E-state index is 11.7. The summed E-state index contributed by atoms with van der Waals surface area (Å²) in [5.74, 6) is 0.714. The van der Waals surface area contributed by atoms with E-state index in [1.165, 1.54) is 4.90 Å². The Morgan fingerprint density at radius 3 is 2.63 bits per heavy atom. The minimum atomic E-state index is -0.209. The van der Waals surface area contributed by atoms with Gasteiger partial charge in [0.2, 0.25) is 0 Å². The van der Waals surface area contributed by atoms with Crippen LogP contribution in [-0.4, -0.2) is 49.6 Å². The molecular formula is C11H12N6OS. The molecule has 0 aliphatic heterocycles. The molecule has 2 N–H and O–H groups in total. The van der Waals surface area contributed by atoms with E-state index in [-0.39, 0.29) is 16.6 Å². The molecule has 19 heavy (non-hydrogen) atoms. The van der Waals surface area contributed by atoms with Crippen LogP contribution < -0.4 is 5.73 Å². The van der Waals surface area contributed by atoms with Gasteiger partial charge < -0.3 is 10.6 Å². The Morgan fingerprint density at radius 1 is 1.37 bits per heavy atom. The van der Waals surface area contributed by atoms with Gasteiger partial charge in [-0.05, 0) is 12.1 Å². The Morgan fingerprint density at radius 2 is 2.11 bits per heavy atom. The molecule has 98 valence electrons. The van der Waals surface area contributed by atoms with E-state index in [4.69, 9.17) is 18.0 Å². The number of hydrogen-bond acceptors (Lipinski definition) is 5. The van der Waals surface area contributed by atoms with Gasteiger partial charge in [0.25, 0.3) is 5.91 Å². The van der Waals surface area contributed by atoms with E-state index in [1.807, 2.05) is 0 Å². The zero-order valence-electron chi connectivity index (χ0n) is 10.4. The molecule has 2 aromatic rings. The largest absolute Gasteiger partial charge is 0.387 e. The van der Waals surface area contributed by atoms with Crippen molar-refractivity contribution in [2.24, 2.45) is 5.73 Å². The predicted molar refractivity (Wildman–Crippen MR) is 73.1 cm³/mol. The van der Waals surface area contributed by atoms with Gasteiger partial charge in [0.05, 0.1) is 0 Å². The average molecular weight is 276 g/mol. The molecule has 1 amide bonds. The molecule has 0 bridgehead atoms. The number of rotatable bonds is 3. The van der Waals surface area contributed by atoms with E-state index in [0.29, 0.717) is 11.6 Å². The monoisotopic (exact) mass is 276 g/mol. The number of aromatic nitrogens is 4. The zero-order valence-corrected chi connectivity index (χ0v) is 11.3. The Hall–Kier alpha value is -2.35. The first-order chi connectivity index (χ1) is 9.00. The highest BCUT2D eigenvalue weighted by molar-refractivity contribution is 7.80. The molecule has 0 unspecified atom stereocenters. The maximum absolute atomic E-state index is 11.7. The molecule has 0 aliphatic carbocycles. The van der Waals surface area contributed by atoms with Gasteiger partial charge in [-0.3, -0.25) is 9.36 Å². The van der Waals surface area contributed by atoms with Crippen molar-refractivity contribution < 1.29 is 4.79 Å². The molecule has 2 heterocycles. The Kier molecular flexibility index (Phi) is 3.52. The van der Waals surface area contributed by atoms with Gasteiger partial charge >= 0.3 is 0 Å². The van der Waals surface area contributed by atoms with Crippen LogP contribution in [0.15, 0.2) is 24.5 Å². The second-order valence-corrected chi connectivity index (χ2v) is 4.40. The number of thiocarbonyl (C=S) groups is 1. The van der Waals surface area contributed by atoms with Crippen LogP contribution in [0.3, 0.4) is 0 Å². The SMILES string of the molecule is CN(C)C(=O)c1ccc(-n2ccnc2C(N)=S)nn1. The summed E-state index contributed by atoms with van der Waals surface area (Å²) < 4.78 is 1.61.